The maximum absolute atomic E-state index is 5.56. The second kappa shape index (κ2) is 4.75. The third-order valence-corrected chi connectivity index (χ3v) is 2.01. The molecular weight excluding hydrogens is 204 g/mol. The van der Waals surface area contributed by atoms with E-state index >= 15 is 0 Å². The molecule has 0 aliphatic heterocycles. The first-order valence-corrected chi connectivity index (χ1v) is 5.16. The topological polar surface area (TPSA) is 48.2 Å². The van der Waals surface area contributed by atoms with Crippen molar-refractivity contribution in [3.63, 3.8) is 0 Å². The Kier molecular flexibility index (Phi) is 3.89. The molecule has 0 aromatic carbocycles. The summed E-state index contributed by atoms with van der Waals surface area (Å²) < 4.78 is 10.5. The highest BCUT2D eigenvalue weighted by Crippen LogP contribution is 2.21. The lowest BCUT2D eigenvalue weighted by molar-refractivity contribution is -0.0221. The molecule has 0 saturated carbocycles. The summed E-state index contributed by atoms with van der Waals surface area (Å²) in [6.07, 6.45) is 0.594. The molecule has 1 aromatic heterocycles. The summed E-state index contributed by atoms with van der Waals surface area (Å²) in [7, 11) is 0. The highest BCUT2D eigenvalue weighted by Gasteiger charge is 2.26. The number of ether oxygens (including phenoxy) is 1. The molecule has 0 aliphatic rings. The number of aromatic nitrogens is 2. The Balaban J connectivity index is 2.74. The lowest BCUT2D eigenvalue weighted by Crippen LogP contribution is -2.23. The van der Waals surface area contributed by atoms with E-state index in [0.717, 1.165) is 0 Å². The van der Waals surface area contributed by atoms with E-state index in [0.29, 0.717) is 30.6 Å². The van der Waals surface area contributed by atoms with Gasteiger partial charge in [0, 0.05) is 18.9 Å². The van der Waals surface area contributed by atoms with Gasteiger partial charge in [-0.15, -0.1) is 11.6 Å². The Bertz CT molecular complexity index is 286. The molecule has 4 nitrogen and oxygen atoms in total. The van der Waals surface area contributed by atoms with E-state index < -0.39 is 5.60 Å². The molecule has 0 unspecified atom stereocenters. The highest BCUT2D eigenvalue weighted by molar-refractivity contribution is 6.17. The van der Waals surface area contributed by atoms with Gasteiger partial charge in [0.2, 0.25) is 11.7 Å². The second-order valence-electron chi connectivity index (χ2n) is 3.39. The van der Waals surface area contributed by atoms with Crippen molar-refractivity contribution in [1.29, 1.82) is 0 Å². The Hall–Kier alpha value is -0.610. The van der Waals surface area contributed by atoms with Crippen molar-refractivity contribution in [2.45, 2.75) is 32.8 Å². The molecule has 80 valence electrons. The van der Waals surface area contributed by atoms with Crippen LogP contribution in [0.25, 0.3) is 0 Å². The van der Waals surface area contributed by atoms with Gasteiger partial charge < -0.3 is 9.26 Å². The molecule has 0 radical (unpaired) electrons. The first-order chi connectivity index (χ1) is 6.60. The normalized spacial score (nSPS) is 12.0. The fourth-order valence-corrected chi connectivity index (χ4v) is 1.27. The van der Waals surface area contributed by atoms with Crippen molar-refractivity contribution in [1.82, 2.24) is 10.1 Å². The number of hydrogen-bond donors (Lipinski definition) is 0. The predicted octanol–water partition coefficient (Wildman–Crippen LogP) is 2.12. The second-order valence-corrected chi connectivity index (χ2v) is 3.77. The number of rotatable bonds is 5. The van der Waals surface area contributed by atoms with Gasteiger partial charge >= 0.3 is 0 Å². The Morgan fingerprint density at radius 1 is 1.50 bits per heavy atom. The van der Waals surface area contributed by atoms with Crippen LogP contribution in [0.2, 0.25) is 0 Å². The van der Waals surface area contributed by atoms with Crippen LogP contribution in [0.15, 0.2) is 4.52 Å². The van der Waals surface area contributed by atoms with E-state index in [1.54, 1.807) is 0 Å². The third-order valence-electron chi connectivity index (χ3n) is 1.82. The number of nitrogens with zero attached hydrogens (tertiary/aromatic N) is 2. The maximum atomic E-state index is 5.56. The molecule has 0 spiro atoms. The van der Waals surface area contributed by atoms with Gasteiger partial charge in [0.05, 0.1) is 0 Å². The van der Waals surface area contributed by atoms with Crippen molar-refractivity contribution in [2.24, 2.45) is 0 Å². The highest BCUT2D eigenvalue weighted by atomic mass is 35.5. The molecular formula is C9H15ClN2O2. The Morgan fingerprint density at radius 2 is 2.21 bits per heavy atom. The molecule has 0 atom stereocenters. The van der Waals surface area contributed by atoms with E-state index in [-0.39, 0.29) is 0 Å². The summed E-state index contributed by atoms with van der Waals surface area (Å²) in [5.41, 5.74) is -0.497. The monoisotopic (exact) mass is 218 g/mol. The molecule has 0 aliphatic carbocycles. The van der Waals surface area contributed by atoms with Crippen LogP contribution in [0.5, 0.6) is 0 Å². The van der Waals surface area contributed by atoms with Crippen LogP contribution in [-0.4, -0.2) is 22.6 Å². The average molecular weight is 219 g/mol. The van der Waals surface area contributed by atoms with Crippen molar-refractivity contribution in [2.75, 3.05) is 12.5 Å². The minimum Gasteiger partial charge on any atom is -0.368 e. The average Bonchev–Trinajstić information content (AvgIpc) is 2.54. The van der Waals surface area contributed by atoms with Crippen molar-refractivity contribution in [3.8, 4) is 0 Å². The molecule has 1 rings (SSSR count). The van der Waals surface area contributed by atoms with E-state index in [9.17, 15) is 0 Å². The predicted molar refractivity (Wildman–Crippen MR) is 53.4 cm³/mol. The number of halogens is 1. The third kappa shape index (κ3) is 2.69. The van der Waals surface area contributed by atoms with Crippen LogP contribution < -0.4 is 0 Å². The molecule has 14 heavy (non-hydrogen) atoms. The minimum absolute atomic E-state index is 0.483. The van der Waals surface area contributed by atoms with Crippen LogP contribution in [-0.2, 0) is 16.8 Å². The molecule has 5 heteroatoms. The fourth-order valence-electron chi connectivity index (χ4n) is 1.11. The van der Waals surface area contributed by atoms with Gasteiger partial charge in [0.1, 0.15) is 5.60 Å². The number of alkyl halides is 1. The molecule has 1 heterocycles. The zero-order chi connectivity index (χ0) is 10.6. The van der Waals surface area contributed by atoms with Crippen molar-refractivity contribution < 1.29 is 9.26 Å². The van der Waals surface area contributed by atoms with E-state index in [4.69, 9.17) is 20.9 Å². The van der Waals surface area contributed by atoms with Crippen LogP contribution in [0, 0.1) is 0 Å². The summed E-state index contributed by atoms with van der Waals surface area (Å²) in [4.78, 5) is 4.20. The zero-order valence-electron chi connectivity index (χ0n) is 8.71. The van der Waals surface area contributed by atoms with Crippen LogP contribution in [0.4, 0.5) is 0 Å². The van der Waals surface area contributed by atoms with Crippen LogP contribution >= 0.6 is 11.6 Å². The summed E-state index contributed by atoms with van der Waals surface area (Å²) in [6.45, 7) is 6.37. The lowest BCUT2D eigenvalue weighted by Gasteiger charge is -2.19. The SMILES string of the molecule is CCOC(C)(C)c1noc(CCCl)n1. The van der Waals surface area contributed by atoms with Crippen LogP contribution in [0.3, 0.4) is 0 Å². The van der Waals surface area contributed by atoms with Gasteiger partial charge in [-0.3, -0.25) is 0 Å². The van der Waals surface area contributed by atoms with Gasteiger partial charge in [0.15, 0.2) is 0 Å². The Morgan fingerprint density at radius 3 is 2.79 bits per heavy atom. The molecule has 0 saturated heterocycles. The summed E-state index contributed by atoms with van der Waals surface area (Å²) in [6, 6.07) is 0. The standard InChI is InChI=1S/C9H15ClN2O2/c1-4-13-9(2,3)8-11-7(5-6-10)14-12-8/h4-6H2,1-3H3. The summed E-state index contributed by atoms with van der Waals surface area (Å²) in [5, 5.41) is 3.86. The van der Waals surface area contributed by atoms with Gasteiger partial charge in [0.25, 0.3) is 0 Å². The quantitative estimate of drug-likeness (QED) is 0.711. The molecule has 0 bridgehead atoms. The van der Waals surface area contributed by atoms with Gasteiger partial charge in [-0.1, -0.05) is 5.16 Å². The van der Waals surface area contributed by atoms with E-state index in [1.807, 2.05) is 20.8 Å². The molecule has 1 aromatic rings. The molecule has 0 fully saturated rings. The maximum Gasteiger partial charge on any atom is 0.227 e. The van der Waals surface area contributed by atoms with Crippen LogP contribution in [0.1, 0.15) is 32.5 Å². The Labute approximate surface area is 88.6 Å². The number of aryl methyl sites for hydroxylation is 1. The number of hydrogen-bond acceptors (Lipinski definition) is 4. The largest absolute Gasteiger partial charge is 0.368 e. The smallest absolute Gasteiger partial charge is 0.227 e. The fraction of sp³-hybridized carbons (Fsp3) is 0.778. The first kappa shape index (κ1) is 11.5. The molecule has 0 amide bonds. The first-order valence-electron chi connectivity index (χ1n) is 4.63. The van der Waals surface area contributed by atoms with Crippen molar-refractivity contribution in [3.05, 3.63) is 11.7 Å². The summed E-state index contributed by atoms with van der Waals surface area (Å²) in [5.74, 6) is 1.61. The van der Waals surface area contributed by atoms with Gasteiger partial charge in [-0.05, 0) is 20.8 Å². The van der Waals surface area contributed by atoms with Gasteiger partial charge in [-0.2, -0.15) is 4.98 Å². The molecule has 0 N–H and O–H groups in total. The zero-order valence-corrected chi connectivity index (χ0v) is 9.47. The van der Waals surface area contributed by atoms with Gasteiger partial charge in [-0.25, -0.2) is 0 Å². The van der Waals surface area contributed by atoms with E-state index in [1.165, 1.54) is 0 Å². The summed E-state index contributed by atoms with van der Waals surface area (Å²) >= 11 is 5.56. The lowest BCUT2D eigenvalue weighted by atomic mass is 10.1. The minimum atomic E-state index is -0.497. The van der Waals surface area contributed by atoms with Crippen molar-refractivity contribution >= 4 is 11.6 Å². The van der Waals surface area contributed by atoms with E-state index in [2.05, 4.69) is 10.1 Å².